The summed E-state index contributed by atoms with van der Waals surface area (Å²) in [6.45, 7) is 0. The monoisotopic (exact) mass is 178 g/mol. The van der Waals surface area contributed by atoms with Gasteiger partial charge in [0, 0.05) is 17.1 Å². The highest BCUT2D eigenvalue weighted by Crippen LogP contribution is 2.22. The van der Waals surface area contributed by atoms with E-state index < -0.39 is 11.2 Å². The Morgan fingerprint density at radius 2 is 2.38 bits per heavy atom. The number of fused-ring (bicyclic) bond motifs is 1. The Hall–Kier alpha value is -1.40. The van der Waals surface area contributed by atoms with Crippen LogP contribution in [0.2, 0.25) is 0 Å². The van der Waals surface area contributed by atoms with E-state index in [0.717, 1.165) is 0 Å². The van der Waals surface area contributed by atoms with Crippen molar-refractivity contribution in [2.45, 2.75) is 6.29 Å². The predicted octanol–water partition coefficient (Wildman–Crippen LogP) is -0.140. The van der Waals surface area contributed by atoms with Crippen LogP contribution in [0, 0.1) is 10.1 Å². The van der Waals surface area contributed by atoms with Crippen LogP contribution in [0.3, 0.4) is 0 Å². The average Bonchev–Trinajstić information content (AvgIpc) is 2.48. The molecule has 0 saturated carbocycles. The topological polar surface area (TPSA) is 72.6 Å². The first kappa shape index (κ1) is 8.21. The van der Waals surface area contributed by atoms with Crippen molar-refractivity contribution in [3.8, 4) is 0 Å². The molecule has 65 valence electrons. The van der Waals surface area contributed by atoms with Gasteiger partial charge in [-0.1, -0.05) is 12.1 Å². The standard InChI is InChI=1S/C7H5BNO4/c10-7-4-2-1-3-5(9(11)12)6(4)8-13-7/h1-3,7,10H. The lowest BCUT2D eigenvalue weighted by molar-refractivity contribution is -0.383. The number of hydrogen-bond donors (Lipinski definition) is 1. The van der Waals surface area contributed by atoms with Gasteiger partial charge < -0.3 is 9.76 Å². The van der Waals surface area contributed by atoms with Crippen LogP contribution >= 0.6 is 0 Å². The van der Waals surface area contributed by atoms with Gasteiger partial charge >= 0.3 is 7.48 Å². The van der Waals surface area contributed by atoms with E-state index in [0.29, 0.717) is 11.0 Å². The van der Waals surface area contributed by atoms with E-state index in [2.05, 4.69) is 0 Å². The first-order valence-electron chi connectivity index (χ1n) is 3.64. The van der Waals surface area contributed by atoms with Gasteiger partial charge in [-0.15, -0.1) is 0 Å². The second kappa shape index (κ2) is 2.83. The van der Waals surface area contributed by atoms with Gasteiger partial charge in [-0.05, 0) is 0 Å². The predicted molar refractivity (Wildman–Crippen MR) is 44.5 cm³/mol. The molecule has 1 aromatic rings. The lowest BCUT2D eigenvalue weighted by atomic mass is 9.85. The number of nitrogens with zero attached hydrogens (tertiary/aromatic N) is 1. The number of aliphatic hydroxyl groups is 1. The second-order valence-electron chi connectivity index (χ2n) is 2.64. The Kier molecular flexibility index (Phi) is 1.79. The zero-order valence-electron chi connectivity index (χ0n) is 6.51. The van der Waals surface area contributed by atoms with Crippen LogP contribution in [0.1, 0.15) is 11.9 Å². The van der Waals surface area contributed by atoms with Gasteiger partial charge in [0.2, 0.25) is 0 Å². The van der Waals surface area contributed by atoms with Crippen molar-refractivity contribution in [3.63, 3.8) is 0 Å². The van der Waals surface area contributed by atoms with Crippen molar-refractivity contribution >= 4 is 18.6 Å². The summed E-state index contributed by atoms with van der Waals surface area (Å²) < 4.78 is 4.74. The molecular formula is C7H5BNO4. The normalized spacial score (nSPS) is 19.3. The fraction of sp³-hybridized carbons (Fsp3) is 0.143. The molecule has 1 aliphatic rings. The summed E-state index contributed by atoms with van der Waals surface area (Å²) in [5, 5.41) is 19.7. The van der Waals surface area contributed by atoms with E-state index in [9.17, 15) is 15.2 Å². The largest absolute Gasteiger partial charge is 0.407 e. The van der Waals surface area contributed by atoms with Gasteiger partial charge in [0.05, 0.1) is 4.92 Å². The minimum Gasteiger partial charge on any atom is -0.407 e. The van der Waals surface area contributed by atoms with Crippen molar-refractivity contribution in [1.29, 1.82) is 0 Å². The van der Waals surface area contributed by atoms with E-state index in [1.807, 2.05) is 0 Å². The molecule has 1 radical (unpaired) electrons. The molecule has 1 heterocycles. The van der Waals surface area contributed by atoms with Crippen molar-refractivity contribution in [1.82, 2.24) is 0 Å². The van der Waals surface area contributed by atoms with E-state index >= 15 is 0 Å². The first-order valence-corrected chi connectivity index (χ1v) is 3.64. The zero-order valence-corrected chi connectivity index (χ0v) is 6.51. The second-order valence-corrected chi connectivity index (χ2v) is 2.64. The average molecular weight is 178 g/mol. The molecule has 1 N–H and O–H groups in total. The molecule has 1 aromatic carbocycles. The highest BCUT2D eigenvalue weighted by atomic mass is 16.6. The lowest BCUT2D eigenvalue weighted by Gasteiger charge is -2.02. The van der Waals surface area contributed by atoms with Crippen LogP contribution in [-0.4, -0.2) is 17.5 Å². The fourth-order valence-corrected chi connectivity index (χ4v) is 1.28. The Bertz CT molecular complexity index is 368. The van der Waals surface area contributed by atoms with E-state index in [-0.39, 0.29) is 5.69 Å². The third-order valence-corrected chi connectivity index (χ3v) is 1.89. The number of aliphatic hydroxyl groups excluding tert-OH is 1. The maximum Gasteiger partial charge on any atom is 0.341 e. The Morgan fingerprint density at radius 3 is 3.08 bits per heavy atom. The van der Waals surface area contributed by atoms with Crippen molar-refractivity contribution in [3.05, 3.63) is 33.9 Å². The summed E-state index contributed by atoms with van der Waals surface area (Å²) in [5.74, 6) is 0. The molecule has 0 saturated heterocycles. The molecule has 0 fully saturated rings. The highest BCUT2D eigenvalue weighted by molar-refractivity contribution is 6.51. The maximum atomic E-state index is 10.5. The van der Waals surface area contributed by atoms with Crippen LogP contribution in [-0.2, 0) is 4.65 Å². The Morgan fingerprint density at radius 1 is 1.62 bits per heavy atom. The van der Waals surface area contributed by atoms with Crippen molar-refractivity contribution < 1.29 is 14.7 Å². The van der Waals surface area contributed by atoms with Crippen molar-refractivity contribution in [2.75, 3.05) is 0 Å². The molecular weight excluding hydrogens is 173 g/mol. The van der Waals surface area contributed by atoms with E-state index in [1.54, 1.807) is 6.07 Å². The van der Waals surface area contributed by atoms with Gasteiger partial charge in [0.25, 0.3) is 5.69 Å². The molecule has 1 unspecified atom stereocenters. The van der Waals surface area contributed by atoms with E-state index in [1.165, 1.54) is 19.6 Å². The molecule has 0 bridgehead atoms. The summed E-state index contributed by atoms with van der Waals surface area (Å²) >= 11 is 0. The third kappa shape index (κ3) is 1.20. The van der Waals surface area contributed by atoms with Gasteiger partial charge in [-0.2, -0.15) is 0 Å². The number of nitro benzene ring substituents is 1. The molecule has 2 rings (SSSR count). The fourth-order valence-electron chi connectivity index (χ4n) is 1.28. The molecule has 1 atom stereocenters. The molecule has 5 nitrogen and oxygen atoms in total. The first-order chi connectivity index (χ1) is 6.20. The Labute approximate surface area is 74.4 Å². The van der Waals surface area contributed by atoms with Crippen LogP contribution < -0.4 is 5.46 Å². The molecule has 0 spiro atoms. The summed E-state index contributed by atoms with van der Waals surface area (Å²) in [4.78, 5) is 10.0. The molecule has 0 aromatic heterocycles. The van der Waals surface area contributed by atoms with Gasteiger partial charge in [-0.25, -0.2) is 0 Å². The quantitative estimate of drug-likeness (QED) is 0.369. The SMILES string of the molecule is O=[N+]([O-])c1cccc2c1[B]OC2O. The van der Waals surface area contributed by atoms with Crippen LogP contribution in [0.5, 0.6) is 0 Å². The number of rotatable bonds is 1. The summed E-state index contributed by atoms with van der Waals surface area (Å²) in [7, 11) is 1.21. The minimum atomic E-state index is -1.07. The summed E-state index contributed by atoms with van der Waals surface area (Å²) in [5.41, 5.74) is 0.739. The summed E-state index contributed by atoms with van der Waals surface area (Å²) in [6.07, 6.45) is -1.07. The van der Waals surface area contributed by atoms with Crippen LogP contribution in [0.15, 0.2) is 18.2 Å². The number of benzene rings is 1. The minimum absolute atomic E-state index is 0.0472. The van der Waals surface area contributed by atoms with E-state index in [4.69, 9.17) is 4.65 Å². The Balaban J connectivity index is 2.57. The molecule has 1 aliphatic heterocycles. The molecule has 6 heteroatoms. The number of nitro groups is 1. The molecule has 0 aliphatic carbocycles. The van der Waals surface area contributed by atoms with Gasteiger partial charge in [0.15, 0.2) is 6.29 Å². The molecule has 0 amide bonds. The summed E-state index contributed by atoms with van der Waals surface area (Å²) in [6, 6.07) is 4.48. The van der Waals surface area contributed by atoms with Gasteiger partial charge in [-0.3, -0.25) is 10.1 Å². The van der Waals surface area contributed by atoms with Gasteiger partial charge in [0.1, 0.15) is 0 Å². The number of hydrogen-bond acceptors (Lipinski definition) is 4. The van der Waals surface area contributed by atoms with Crippen LogP contribution in [0.4, 0.5) is 5.69 Å². The lowest BCUT2D eigenvalue weighted by Crippen LogP contribution is -2.16. The van der Waals surface area contributed by atoms with Crippen LogP contribution in [0.25, 0.3) is 0 Å². The van der Waals surface area contributed by atoms with Crippen molar-refractivity contribution in [2.24, 2.45) is 0 Å². The third-order valence-electron chi connectivity index (χ3n) is 1.89. The highest BCUT2D eigenvalue weighted by Gasteiger charge is 2.29. The molecule has 13 heavy (non-hydrogen) atoms. The maximum absolute atomic E-state index is 10.5. The zero-order chi connectivity index (χ0) is 9.42. The smallest absolute Gasteiger partial charge is 0.341 e.